The molecule has 1 rings (SSSR count). The minimum absolute atomic E-state index is 0.454. The van der Waals surface area contributed by atoms with E-state index >= 15 is 0 Å². The Labute approximate surface area is 97.8 Å². The minimum atomic E-state index is 0.454. The lowest BCUT2D eigenvalue weighted by molar-refractivity contribution is 0.494. The van der Waals surface area contributed by atoms with Crippen molar-refractivity contribution in [1.29, 1.82) is 0 Å². The first-order valence-corrected chi connectivity index (χ1v) is 5.95. The predicted octanol–water partition coefficient (Wildman–Crippen LogP) is 4.49. The Morgan fingerprint density at radius 2 is 2.00 bits per heavy atom. The molecule has 1 aromatic carbocycles. The molecule has 1 N–H and O–H groups in total. The molecule has 0 aromatic heterocycles. The Kier molecular flexibility index (Phi) is 4.46. The van der Waals surface area contributed by atoms with Gasteiger partial charge >= 0.3 is 0 Å². The summed E-state index contributed by atoms with van der Waals surface area (Å²) in [5.41, 5.74) is 2.23. The zero-order chi connectivity index (χ0) is 11.4. The van der Waals surface area contributed by atoms with Crippen molar-refractivity contribution in [3.8, 4) is 0 Å². The van der Waals surface area contributed by atoms with Crippen LogP contribution in [-0.2, 0) is 0 Å². The lowest BCUT2D eigenvalue weighted by Crippen LogP contribution is -2.23. The van der Waals surface area contributed by atoms with Gasteiger partial charge in [-0.25, -0.2) is 0 Å². The van der Waals surface area contributed by atoms with Crippen LogP contribution < -0.4 is 5.32 Å². The number of halogens is 1. The zero-order valence-corrected chi connectivity index (χ0v) is 10.7. The molecule has 0 aliphatic carbocycles. The fourth-order valence-electron chi connectivity index (χ4n) is 1.48. The van der Waals surface area contributed by atoms with Crippen molar-refractivity contribution < 1.29 is 0 Å². The number of hydrogen-bond acceptors (Lipinski definition) is 1. The number of anilines is 1. The van der Waals surface area contributed by atoms with E-state index in [2.05, 4.69) is 38.2 Å². The topological polar surface area (TPSA) is 12.0 Å². The van der Waals surface area contributed by atoms with Crippen LogP contribution in [-0.4, -0.2) is 6.04 Å². The molecule has 2 atom stereocenters. The van der Waals surface area contributed by atoms with Crippen LogP contribution >= 0.6 is 11.6 Å². The molecule has 15 heavy (non-hydrogen) atoms. The Bertz CT molecular complexity index is 322. The Morgan fingerprint density at radius 1 is 1.33 bits per heavy atom. The molecule has 0 fully saturated rings. The summed E-state index contributed by atoms with van der Waals surface area (Å²) in [7, 11) is 0. The van der Waals surface area contributed by atoms with E-state index in [0.29, 0.717) is 12.0 Å². The van der Waals surface area contributed by atoms with Gasteiger partial charge in [0.05, 0.1) is 10.7 Å². The third kappa shape index (κ3) is 3.42. The first-order valence-electron chi connectivity index (χ1n) is 5.57. The Balaban J connectivity index is 2.72. The van der Waals surface area contributed by atoms with E-state index in [0.717, 1.165) is 10.7 Å². The molecule has 2 heteroatoms. The molecule has 0 heterocycles. The second-order valence-electron chi connectivity index (χ2n) is 4.30. The van der Waals surface area contributed by atoms with Crippen LogP contribution in [0, 0.1) is 12.8 Å². The molecular formula is C13H20ClN. The molecule has 0 aliphatic heterocycles. The van der Waals surface area contributed by atoms with Crippen molar-refractivity contribution in [2.24, 2.45) is 5.92 Å². The summed E-state index contributed by atoms with van der Waals surface area (Å²) in [5, 5.41) is 4.27. The summed E-state index contributed by atoms with van der Waals surface area (Å²) < 4.78 is 0. The Morgan fingerprint density at radius 3 is 2.53 bits per heavy atom. The highest BCUT2D eigenvalue weighted by atomic mass is 35.5. The van der Waals surface area contributed by atoms with Gasteiger partial charge in [-0.1, -0.05) is 37.9 Å². The van der Waals surface area contributed by atoms with Crippen molar-refractivity contribution in [2.75, 3.05) is 5.32 Å². The zero-order valence-electron chi connectivity index (χ0n) is 9.97. The Hall–Kier alpha value is -0.690. The van der Waals surface area contributed by atoms with Crippen LogP contribution in [0.5, 0.6) is 0 Å². The molecule has 0 amide bonds. The molecule has 0 saturated carbocycles. The summed E-state index contributed by atoms with van der Waals surface area (Å²) in [6.45, 7) is 8.71. The fraction of sp³-hybridized carbons (Fsp3) is 0.538. The third-order valence-corrected chi connectivity index (χ3v) is 3.32. The average molecular weight is 226 g/mol. The van der Waals surface area contributed by atoms with E-state index in [9.17, 15) is 0 Å². The maximum absolute atomic E-state index is 6.16. The van der Waals surface area contributed by atoms with Gasteiger partial charge in [0.25, 0.3) is 0 Å². The standard InChI is InChI=1S/C13H20ClN/c1-5-10(3)11(4)15-13-7-6-9(2)8-12(13)14/h6-8,10-11,15H,5H2,1-4H3. The second-order valence-corrected chi connectivity index (χ2v) is 4.71. The fourth-order valence-corrected chi connectivity index (χ4v) is 1.77. The molecule has 0 radical (unpaired) electrons. The monoisotopic (exact) mass is 225 g/mol. The number of nitrogens with one attached hydrogen (secondary N) is 1. The summed E-state index contributed by atoms with van der Waals surface area (Å²) in [6, 6.07) is 6.58. The van der Waals surface area contributed by atoms with Crippen molar-refractivity contribution >= 4 is 17.3 Å². The first kappa shape index (κ1) is 12.4. The van der Waals surface area contributed by atoms with Gasteiger partial charge in [-0.2, -0.15) is 0 Å². The van der Waals surface area contributed by atoms with Crippen LogP contribution in [0.1, 0.15) is 32.8 Å². The van der Waals surface area contributed by atoms with Gasteiger partial charge in [-0.15, -0.1) is 0 Å². The number of benzene rings is 1. The van der Waals surface area contributed by atoms with Gasteiger partial charge in [0, 0.05) is 6.04 Å². The van der Waals surface area contributed by atoms with Gasteiger partial charge in [0.15, 0.2) is 0 Å². The van der Waals surface area contributed by atoms with Crippen LogP contribution in [0.4, 0.5) is 5.69 Å². The number of hydrogen-bond donors (Lipinski definition) is 1. The lowest BCUT2D eigenvalue weighted by atomic mass is 10.0. The van der Waals surface area contributed by atoms with Crippen molar-refractivity contribution in [3.05, 3.63) is 28.8 Å². The highest BCUT2D eigenvalue weighted by Gasteiger charge is 2.11. The average Bonchev–Trinajstić information content (AvgIpc) is 2.20. The molecule has 1 aromatic rings. The molecule has 2 unspecified atom stereocenters. The van der Waals surface area contributed by atoms with E-state index in [4.69, 9.17) is 11.6 Å². The largest absolute Gasteiger partial charge is 0.381 e. The molecule has 0 bridgehead atoms. The van der Waals surface area contributed by atoms with E-state index in [1.807, 2.05) is 13.0 Å². The lowest BCUT2D eigenvalue weighted by Gasteiger charge is -2.21. The quantitative estimate of drug-likeness (QED) is 0.796. The van der Waals surface area contributed by atoms with Crippen molar-refractivity contribution in [3.63, 3.8) is 0 Å². The second kappa shape index (κ2) is 5.41. The molecular weight excluding hydrogens is 206 g/mol. The minimum Gasteiger partial charge on any atom is -0.381 e. The molecule has 0 aliphatic rings. The number of aryl methyl sites for hydroxylation is 1. The van der Waals surface area contributed by atoms with Crippen LogP contribution in [0.2, 0.25) is 5.02 Å². The van der Waals surface area contributed by atoms with Crippen LogP contribution in [0.25, 0.3) is 0 Å². The van der Waals surface area contributed by atoms with Crippen LogP contribution in [0.15, 0.2) is 18.2 Å². The van der Waals surface area contributed by atoms with Gasteiger partial charge in [0.2, 0.25) is 0 Å². The van der Waals surface area contributed by atoms with E-state index in [1.165, 1.54) is 12.0 Å². The van der Waals surface area contributed by atoms with E-state index in [1.54, 1.807) is 0 Å². The first-order chi connectivity index (χ1) is 7.04. The van der Waals surface area contributed by atoms with Gasteiger partial charge in [-0.05, 0) is 37.5 Å². The maximum atomic E-state index is 6.16. The maximum Gasteiger partial charge on any atom is 0.0640 e. The smallest absolute Gasteiger partial charge is 0.0640 e. The summed E-state index contributed by atoms with van der Waals surface area (Å²) >= 11 is 6.16. The van der Waals surface area contributed by atoms with Gasteiger partial charge in [0.1, 0.15) is 0 Å². The highest BCUT2D eigenvalue weighted by molar-refractivity contribution is 6.33. The van der Waals surface area contributed by atoms with Crippen molar-refractivity contribution in [2.45, 2.75) is 40.2 Å². The number of rotatable bonds is 4. The predicted molar refractivity (Wildman–Crippen MR) is 68.7 cm³/mol. The van der Waals surface area contributed by atoms with Crippen LogP contribution in [0.3, 0.4) is 0 Å². The highest BCUT2D eigenvalue weighted by Crippen LogP contribution is 2.24. The third-order valence-electron chi connectivity index (χ3n) is 3.01. The van der Waals surface area contributed by atoms with Gasteiger partial charge < -0.3 is 5.32 Å². The SMILES string of the molecule is CCC(C)C(C)Nc1ccc(C)cc1Cl. The summed E-state index contributed by atoms with van der Waals surface area (Å²) in [5.74, 6) is 0.655. The molecule has 84 valence electrons. The molecule has 1 nitrogen and oxygen atoms in total. The van der Waals surface area contributed by atoms with Crippen molar-refractivity contribution in [1.82, 2.24) is 0 Å². The molecule has 0 spiro atoms. The normalized spacial score (nSPS) is 14.7. The van der Waals surface area contributed by atoms with E-state index in [-0.39, 0.29) is 0 Å². The summed E-state index contributed by atoms with van der Waals surface area (Å²) in [6.07, 6.45) is 1.18. The van der Waals surface area contributed by atoms with E-state index < -0.39 is 0 Å². The summed E-state index contributed by atoms with van der Waals surface area (Å²) in [4.78, 5) is 0. The molecule has 0 saturated heterocycles. The van der Waals surface area contributed by atoms with Gasteiger partial charge in [-0.3, -0.25) is 0 Å².